The lowest BCUT2D eigenvalue weighted by atomic mass is 10.3. The van der Waals surface area contributed by atoms with Gasteiger partial charge in [0, 0.05) is 11.4 Å². The van der Waals surface area contributed by atoms with Crippen LogP contribution in [0.5, 0.6) is 0 Å². The van der Waals surface area contributed by atoms with Crippen molar-refractivity contribution in [2.45, 2.75) is 27.2 Å². The van der Waals surface area contributed by atoms with Gasteiger partial charge in [0.05, 0.1) is 6.42 Å². The van der Waals surface area contributed by atoms with Crippen LogP contribution in [0.15, 0.2) is 16.8 Å². The summed E-state index contributed by atoms with van der Waals surface area (Å²) >= 11 is 0. The molecule has 0 heterocycles. The Hall–Kier alpha value is -1.12. The second kappa shape index (κ2) is 4.66. The molecule has 0 aliphatic carbocycles. The van der Waals surface area contributed by atoms with Gasteiger partial charge in [0.25, 0.3) is 0 Å². The van der Waals surface area contributed by atoms with Crippen LogP contribution in [0.1, 0.15) is 27.2 Å². The molecule has 0 fully saturated rings. The van der Waals surface area contributed by atoms with Crippen molar-refractivity contribution < 1.29 is 9.90 Å². The Morgan fingerprint density at radius 1 is 1.45 bits per heavy atom. The maximum absolute atomic E-state index is 10.1. The van der Waals surface area contributed by atoms with Crippen molar-refractivity contribution in [3.05, 3.63) is 11.8 Å². The zero-order valence-corrected chi connectivity index (χ0v) is 7.09. The van der Waals surface area contributed by atoms with E-state index in [1.807, 2.05) is 13.8 Å². The van der Waals surface area contributed by atoms with E-state index >= 15 is 0 Å². The van der Waals surface area contributed by atoms with Crippen LogP contribution in [0.3, 0.4) is 0 Å². The van der Waals surface area contributed by atoms with Crippen molar-refractivity contribution in [2.24, 2.45) is 4.99 Å². The van der Waals surface area contributed by atoms with Gasteiger partial charge >= 0.3 is 5.97 Å². The molecular weight excluding hydrogens is 142 g/mol. The SMILES string of the molecule is CC(C)=N/C(C)=C/CC(=O)O. The van der Waals surface area contributed by atoms with Gasteiger partial charge in [-0.2, -0.15) is 0 Å². The molecule has 0 unspecified atom stereocenters. The second-order valence-corrected chi connectivity index (χ2v) is 2.50. The first-order valence-corrected chi connectivity index (χ1v) is 3.43. The molecule has 1 N–H and O–H groups in total. The third kappa shape index (κ3) is 6.77. The maximum atomic E-state index is 10.1. The summed E-state index contributed by atoms with van der Waals surface area (Å²) in [5.74, 6) is -0.826. The van der Waals surface area contributed by atoms with E-state index in [0.29, 0.717) is 0 Å². The van der Waals surface area contributed by atoms with Gasteiger partial charge in [0.2, 0.25) is 0 Å². The molecule has 0 aliphatic rings. The van der Waals surface area contributed by atoms with Gasteiger partial charge in [-0.1, -0.05) is 6.08 Å². The van der Waals surface area contributed by atoms with Crippen molar-refractivity contribution in [3.8, 4) is 0 Å². The Morgan fingerprint density at radius 3 is 2.36 bits per heavy atom. The normalized spacial score (nSPS) is 11.0. The fraction of sp³-hybridized carbons (Fsp3) is 0.500. The summed E-state index contributed by atoms with van der Waals surface area (Å²) in [5, 5.41) is 8.30. The van der Waals surface area contributed by atoms with Crippen LogP contribution in [0.4, 0.5) is 0 Å². The van der Waals surface area contributed by atoms with Crippen molar-refractivity contribution in [1.29, 1.82) is 0 Å². The summed E-state index contributed by atoms with van der Waals surface area (Å²) in [6, 6.07) is 0. The molecule has 0 spiro atoms. The van der Waals surface area contributed by atoms with Gasteiger partial charge in [0.15, 0.2) is 0 Å². The lowest BCUT2D eigenvalue weighted by Crippen LogP contribution is -1.91. The maximum Gasteiger partial charge on any atom is 0.307 e. The molecule has 62 valence electrons. The van der Waals surface area contributed by atoms with Gasteiger partial charge in [-0.25, -0.2) is 0 Å². The largest absolute Gasteiger partial charge is 0.481 e. The van der Waals surface area contributed by atoms with Gasteiger partial charge in [0.1, 0.15) is 0 Å². The smallest absolute Gasteiger partial charge is 0.307 e. The molecule has 0 amide bonds. The summed E-state index contributed by atoms with van der Waals surface area (Å²) in [4.78, 5) is 14.2. The highest BCUT2D eigenvalue weighted by Gasteiger charge is 1.91. The zero-order chi connectivity index (χ0) is 8.85. The van der Waals surface area contributed by atoms with Crippen LogP contribution in [0.2, 0.25) is 0 Å². The highest BCUT2D eigenvalue weighted by atomic mass is 16.4. The Labute approximate surface area is 66.5 Å². The molecule has 0 saturated heterocycles. The van der Waals surface area contributed by atoms with E-state index in [1.54, 1.807) is 13.0 Å². The number of hydrogen-bond acceptors (Lipinski definition) is 2. The molecule has 0 aromatic heterocycles. The molecule has 0 aromatic rings. The summed E-state index contributed by atoms with van der Waals surface area (Å²) in [7, 11) is 0. The van der Waals surface area contributed by atoms with Crippen LogP contribution in [-0.2, 0) is 4.79 Å². The minimum atomic E-state index is -0.826. The van der Waals surface area contributed by atoms with E-state index < -0.39 is 5.97 Å². The standard InChI is InChI=1S/C8H13NO2/c1-6(2)9-7(3)4-5-8(10)11/h4H,5H2,1-3H3,(H,10,11)/b7-4+. The molecule has 0 bridgehead atoms. The quantitative estimate of drug-likeness (QED) is 0.632. The number of hydrogen-bond donors (Lipinski definition) is 1. The second-order valence-electron chi connectivity index (χ2n) is 2.50. The predicted octanol–water partition coefficient (Wildman–Crippen LogP) is 1.85. The average Bonchev–Trinajstić information content (AvgIpc) is 1.82. The number of carboxylic acid groups (broad SMARTS) is 1. The lowest BCUT2D eigenvalue weighted by Gasteiger charge is -1.92. The van der Waals surface area contributed by atoms with Crippen LogP contribution in [0, 0.1) is 0 Å². The first kappa shape index (κ1) is 9.88. The van der Waals surface area contributed by atoms with Crippen LogP contribution < -0.4 is 0 Å². The minimum Gasteiger partial charge on any atom is -0.481 e. The summed E-state index contributed by atoms with van der Waals surface area (Å²) in [5.41, 5.74) is 1.69. The molecule has 0 rings (SSSR count). The number of allylic oxidation sites excluding steroid dienone is 1. The van der Waals surface area contributed by atoms with Gasteiger partial charge in [-0.3, -0.25) is 9.79 Å². The van der Waals surface area contributed by atoms with Crippen LogP contribution >= 0.6 is 0 Å². The number of carboxylic acids is 1. The van der Waals surface area contributed by atoms with Crippen LogP contribution in [0.25, 0.3) is 0 Å². The highest BCUT2D eigenvalue weighted by Crippen LogP contribution is 1.97. The fourth-order valence-electron chi connectivity index (χ4n) is 0.633. The monoisotopic (exact) mass is 155 g/mol. The van der Waals surface area contributed by atoms with Crippen LogP contribution in [-0.4, -0.2) is 16.8 Å². The first-order chi connectivity index (χ1) is 5.02. The number of aliphatic imine (C=N–C) groups is 1. The molecule has 3 nitrogen and oxygen atoms in total. The molecule has 0 atom stereocenters. The Morgan fingerprint density at radius 2 is 2.00 bits per heavy atom. The average molecular weight is 155 g/mol. The predicted molar refractivity (Wildman–Crippen MR) is 44.8 cm³/mol. The molecule has 11 heavy (non-hydrogen) atoms. The minimum absolute atomic E-state index is 0.0443. The lowest BCUT2D eigenvalue weighted by molar-refractivity contribution is -0.136. The molecule has 3 heteroatoms. The third-order valence-corrected chi connectivity index (χ3v) is 0.972. The molecule has 0 aromatic carbocycles. The molecule has 0 saturated carbocycles. The van der Waals surface area contributed by atoms with Crippen molar-refractivity contribution >= 4 is 11.7 Å². The summed E-state index contributed by atoms with van der Waals surface area (Å²) in [6.07, 6.45) is 1.64. The first-order valence-electron chi connectivity index (χ1n) is 3.43. The Bertz CT molecular complexity index is 200. The van der Waals surface area contributed by atoms with Crippen molar-refractivity contribution in [2.75, 3.05) is 0 Å². The van der Waals surface area contributed by atoms with Gasteiger partial charge < -0.3 is 5.11 Å². The molecule has 0 aliphatic heterocycles. The molecule has 0 radical (unpaired) electrons. The van der Waals surface area contributed by atoms with Gasteiger partial charge in [-0.05, 0) is 20.8 Å². The van der Waals surface area contributed by atoms with E-state index in [-0.39, 0.29) is 6.42 Å². The Kier molecular flexibility index (Phi) is 4.18. The fourth-order valence-corrected chi connectivity index (χ4v) is 0.633. The number of rotatable bonds is 3. The third-order valence-electron chi connectivity index (χ3n) is 0.972. The molecular formula is C8H13NO2. The van der Waals surface area contributed by atoms with E-state index in [2.05, 4.69) is 4.99 Å². The van der Waals surface area contributed by atoms with Crippen molar-refractivity contribution in [3.63, 3.8) is 0 Å². The topological polar surface area (TPSA) is 49.7 Å². The van der Waals surface area contributed by atoms with E-state index in [1.165, 1.54) is 0 Å². The van der Waals surface area contributed by atoms with E-state index in [9.17, 15) is 4.79 Å². The van der Waals surface area contributed by atoms with E-state index in [4.69, 9.17) is 5.11 Å². The van der Waals surface area contributed by atoms with Crippen molar-refractivity contribution in [1.82, 2.24) is 0 Å². The number of nitrogens with zero attached hydrogens (tertiary/aromatic N) is 1. The Balaban J connectivity index is 4.02. The summed E-state index contributed by atoms with van der Waals surface area (Å²) < 4.78 is 0. The summed E-state index contributed by atoms with van der Waals surface area (Å²) in [6.45, 7) is 5.53. The zero-order valence-electron chi connectivity index (χ0n) is 7.09. The number of aliphatic carboxylic acids is 1. The highest BCUT2D eigenvalue weighted by molar-refractivity contribution is 5.80. The van der Waals surface area contributed by atoms with E-state index in [0.717, 1.165) is 11.4 Å². The van der Waals surface area contributed by atoms with Gasteiger partial charge in [-0.15, -0.1) is 0 Å². The number of carbonyl (C=O) groups is 1.